The van der Waals surface area contributed by atoms with Crippen LogP contribution in [0.1, 0.15) is 16.7 Å². The van der Waals surface area contributed by atoms with E-state index in [-0.39, 0.29) is 5.54 Å². The molecule has 1 unspecified atom stereocenters. The number of hydrogen-bond donors (Lipinski definition) is 0. The first-order valence-electron chi connectivity index (χ1n) is 11.7. The molecular weight excluding hydrogens is 555 g/mol. The third-order valence-electron chi connectivity index (χ3n) is 6.86. The van der Waals surface area contributed by atoms with E-state index in [1.165, 1.54) is 37.8 Å². The van der Waals surface area contributed by atoms with Crippen LogP contribution in [0.2, 0.25) is 0 Å². The van der Waals surface area contributed by atoms with Crippen LogP contribution in [0.5, 0.6) is 0 Å². The number of fused-ring (bicyclic) bond motifs is 3. The topological polar surface area (TPSA) is 0 Å². The van der Waals surface area contributed by atoms with E-state index in [1.807, 2.05) is 0 Å². The zero-order valence-corrected chi connectivity index (χ0v) is 24.2. The summed E-state index contributed by atoms with van der Waals surface area (Å²) < 4.78 is 0. The number of benzene rings is 5. The van der Waals surface area contributed by atoms with Crippen molar-refractivity contribution in [3.8, 4) is 11.1 Å². The summed E-state index contributed by atoms with van der Waals surface area (Å²) in [6.07, 6.45) is 0. The predicted octanol–water partition coefficient (Wildman–Crippen LogP) is 7.37. The molecule has 5 aromatic rings. The van der Waals surface area contributed by atoms with Gasteiger partial charge < -0.3 is 0 Å². The van der Waals surface area contributed by atoms with Gasteiger partial charge in [0, 0.05) is 0 Å². The van der Waals surface area contributed by atoms with Crippen molar-refractivity contribution in [1.29, 1.82) is 0 Å². The summed E-state index contributed by atoms with van der Waals surface area (Å²) in [5.41, 5.74) is 5.68. The van der Waals surface area contributed by atoms with Crippen molar-refractivity contribution in [3.63, 3.8) is 0 Å². The van der Waals surface area contributed by atoms with Gasteiger partial charge in [-0.05, 0) is 26.7 Å². The Bertz CT molecular complexity index is 1280. The van der Waals surface area contributed by atoms with E-state index < -0.39 is 22.8 Å². The number of rotatable bonds is 4. The smallest absolute Gasteiger partial charge is 0.157 e. The summed E-state index contributed by atoms with van der Waals surface area (Å²) in [5.74, 6) is 0. The van der Waals surface area contributed by atoms with Gasteiger partial charge in [0.2, 0.25) is 0 Å². The number of hydrogen-bond acceptors (Lipinski definition) is 0. The SMILES string of the molecule is [Cl][Ti+]([Cl])[Cl].[c-]1cccc2c1C([Si](c1ccccc1)(c1ccccc1)c1ccccc1)c1ccccc1-2. The molecule has 0 radical (unpaired) electrons. The maximum atomic E-state index is 4.97. The second-order valence-electron chi connectivity index (χ2n) is 8.64. The molecule has 0 saturated carbocycles. The molecule has 0 aromatic heterocycles. The molecule has 36 heavy (non-hydrogen) atoms. The van der Waals surface area contributed by atoms with Crippen molar-refractivity contribution < 1.29 is 14.7 Å². The Labute approximate surface area is 232 Å². The van der Waals surface area contributed by atoms with Gasteiger partial charge in [-0.3, -0.25) is 0 Å². The van der Waals surface area contributed by atoms with Crippen LogP contribution in [0.25, 0.3) is 11.1 Å². The summed E-state index contributed by atoms with van der Waals surface area (Å²) >= 11 is -1.92. The van der Waals surface area contributed by atoms with Crippen LogP contribution in [0, 0.1) is 6.07 Å². The predicted molar refractivity (Wildman–Crippen MR) is 154 cm³/mol. The second-order valence-corrected chi connectivity index (χ2v) is 20.3. The van der Waals surface area contributed by atoms with Crippen LogP contribution in [-0.4, -0.2) is 8.07 Å². The van der Waals surface area contributed by atoms with E-state index in [9.17, 15) is 0 Å². The van der Waals surface area contributed by atoms with Crippen molar-refractivity contribution in [1.82, 2.24) is 0 Å². The molecule has 0 fully saturated rings. The third-order valence-corrected chi connectivity index (χ3v) is 12.1. The molecule has 1 aliphatic rings. The van der Waals surface area contributed by atoms with E-state index in [2.05, 4.69) is 140 Å². The quantitative estimate of drug-likeness (QED) is 0.119. The minimum absolute atomic E-state index is 0.252. The second kappa shape index (κ2) is 11.5. The standard InChI is InChI=1S/C31H23Si.3ClH.Ti/c1-4-14-24(15-5-1)32(25-16-6-2-7-17-25,26-18-8-3-9-19-26)31-29-22-12-10-20-27(29)28-21-11-13-23-30(28)31;;;;/h1-22,31H;3*1H;/q-1;;;;+4/p-3. The summed E-state index contributed by atoms with van der Waals surface area (Å²) in [5, 5.41) is 4.30. The molecule has 0 amide bonds. The molecule has 176 valence electrons. The van der Waals surface area contributed by atoms with Gasteiger partial charge in [-0.15, -0.1) is 11.1 Å². The molecule has 5 aromatic carbocycles. The van der Waals surface area contributed by atoms with E-state index in [4.69, 9.17) is 27.9 Å². The maximum absolute atomic E-state index is 4.97. The fourth-order valence-electron chi connectivity index (χ4n) is 5.63. The Morgan fingerprint density at radius 3 is 1.44 bits per heavy atom. The van der Waals surface area contributed by atoms with Crippen molar-refractivity contribution in [2.24, 2.45) is 0 Å². The molecule has 0 saturated heterocycles. The Hall–Kier alpha value is -2.10. The van der Waals surface area contributed by atoms with Gasteiger partial charge in [0.15, 0.2) is 8.07 Å². The minimum Gasteiger partial charge on any atom is -0.179 e. The van der Waals surface area contributed by atoms with Gasteiger partial charge in [0.05, 0.1) is 0 Å². The molecule has 6 rings (SSSR count). The first-order valence-corrected chi connectivity index (χ1v) is 20.3. The largest absolute Gasteiger partial charge is 0.179 e. The molecule has 0 heterocycles. The van der Waals surface area contributed by atoms with Crippen LogP contribution >= 0.6 is 27.9 Å². The summed E-state index contributed by atoms with van der Waals surface area (Å²) in [6, 6.07) is 52.7. The van der Waals surface area contributed by atoms with Crippen LogP contribution in [-0.2, 0) is 14.7 Å². The molecule has 0 nitrogen and oxygen atoms in total. The van der Waals surface area contributed by atoms with Crippen molar-refractivity contribution >= 4 is 51.5 Å². The summed E-state index contributed by atoms with van der Waals surface area (Å²) in [4.78, 5) is 0. The molecule has 0 aliphatic heterocycles. The van der Waals surface area contributed by atoms with Crippen LogP contribution in [0.4, 0.5) is 0 Å². The van der Waals surface area contributed by atoms with Crippen LogP contribution < -0.4 is 15.6 Å². The Balaban J connectivity index is 0.000000623. The molecule has 1 atom stereocenters. The van der Waals surface area contributed by atoms with Crippen molar-refractivity contribution in [3.05, 3.63) is 151 Å². The molecule has 0 spiro atoms. The first kappa shape index (κ1) is 25.5. The first-order chi connectivity index (χ1) is 17.6. The van der Waals surface area contributed by atoms with E-state index in [0.29, 0.717) is 0 Å². The van der Waals surface area contributed by atoms with Crippen LogP contribution in [0.15, 0.2) is 133 Å². The van der Waals surface area contributed by atoms with E-state index in [0.717, 1.165) is 0 Å². The van der Waals surface area contributed by atoms with Gasteiger partial charge in [0.25, 0.3) is 0 Å². The molecule has 1 aliphatic carbocycles. The van der Waals surface area contributed by atoms with E-state index >= 15 is 0 Å². The average Bonchev–Trinajstić information content (AvgIpc) is 3.26. The minimum atomic E-state index is -2.52. The fourth-order valence-corrected chi connectivity index (χ4v) is 11.2. The normalized spacial score (nSPS) is 13.7. The van der Waals surface area contributed by atoms with Gasteiger partial charge in [-0.25, -0.2) is 0 Å². The average molecular weight is 578 g/mol. The Morgan fingerprint density at radius 1 is 0.528 bits per heavy atom. The fraction of sp³-hybridized carbons (Fsp3) is 0.0323. The van der Waals surface area contributed by atoms with Gasteiger partial charge in [-0.1, -0.05) is 121 Å². The van der Waals surface area contributed by atoms with Crippen molar-refractivity contribution in [2.75, 3.05) is 0 Å². The van der Waals surface area contributed by atoms with Gasteiger partial charge in [-0.2, -0.15) is 24.3 Å². The molecule has 0 bridgehead atoms. The van der Waals surface area contributed by atoms with E-state index in [1.54, 1.807) is 0 Å². The zero-order valence-electron chi connectivity index (χ0n) is 19.4. The Morgan fingerprint density at radius 2 is 0.944 bits per heavy atom. The van der Waals surface area contributed by atoms with Gasteiger partial charge in [0.1, 0.15) is 0 Å². The molecular formula is C31H23Cl3SiTi. The summed E-state index contributed by atoms with van der Waals surface area (Å²) in [7, 11) is 12.4. The monoisotopic (exact) mass is 576 g/mol. The van der Waals surface area contributed by atoms with Crippen LogP contribution in [0.3, 0.4) is 0 Å². The number of halogens is 3. The molecule has 0 N–H and O–H groups in total. The third kappa shape index (κ3) is 4.77. The molecule has 5 heteroatoms. The Kier molecular flexibility index (Phi) is 8.18. The maximum Gasteiger partial charge on any atom is 0.157 e. The van der Waals surface area contributed by atoms with Crippen molar-refractivity contribution in [2.45, 2.75) is 5.54 Å². The van der Waals surface area contributed by atoms with Gasteiger partial charge >= 0.3 is 42.6 Å². The summed E-state index contributed by atoms with van der Waals surface area (Å²) in [6.45, 7) is 0. The zero-order chi connectivity index (χ0) is 25.0.